The molecule has 2 aromatic carbocycles. The van der Waals surface area contributed by atoms with Crippen LogP contribution in [0.2, 0.25) is 0 Å². The average molecular weight is 459 g/mol. The summed E-state index contributed by atoms with van der Waals surface area (Å²) in [5, 5.41) is 0.737. The molecule has 3 aromatic rings. The summed E-state index contributed by atoms with van der Waals surface area (Å²) in [6, 6.07) is 19.8. The van der Waals surface area contributed by atoms with Crippen molar-refractivity contribution in [1.82, 2.24) is 9.88 Å². The van der Waals surface area contributed by atoms with Crippen LogP contribution in [0.4, 0.5) is 11.4 Å². The van der Waals surface area contributed by atoms with E-state index >= 15 is 0 Å². The summed E-state index contributed by atoms with van der Waals surface area (Å²) < 4.78 is 0. The summed E-state index contributed by atoms with van der Waals surface area (Å²) in [7, 11) is 0. The minimum Gasteiger partial charge on any atom is -0.365 e. The number of amides is 2. The molecule has 0 bridgehead atoms. The summed E-state index contributed by atoms with van der Waals surface area (Å²) in [5.41, 5.74) is 3.70. The molecule has 0 saturated carbocycles. The van der Waals surface area contributed by atoms with Crippen LogP contribution in [0.15, 0.2) is 76.8 Å². The van der Waals surface area contributed by atoms with Crippen LogP contribution < -0.4 is 9.80 Å². The Morgan fingerprint density at radius 3 is 2.76 bits per heavy atom. The molecule has 1 fully saturated rings. The maximum atomic E-state index is 13.5. The topological polar surface area (TPSA) is 56.8 Å². The normalized spacial score (nSPS) is 17.9. The highest BCUT2D eigenvalue weighted by molar-refractivity contribution is 7.99. The molecule has 7 heteroatoms. The van der Waals surface area contributed by atoms with E-state index in [1.54, 1.807) is 11.1 Å². The minimum atomic E-state index is -0.162. The Bertz CT molecular complexity index is 1210. The van der Waals surface area contributed by atoms with Gasteiger partial charge in [-0.25, -0.2) is 4.98 Å². The Balaban J connectivity index is 1.36. The van der Waals surface area contributed by atoms with Gasteiger partial charge in [-0.2, -0.15) is 0 Å². The summed E-state index contributed by atoms with van der Waals surface area (Å²) in [6.07, 6.45) is 1.72. The lowest BCUT2D eigenvalue weighted by Crippen LogP contribution is -2.56. The van der Waals surface area contributed by atoms with Crippen molar-refractivity contribution in [2.45, 2.75) is 29.8 Å². The molecule has 1 atom stereocenters. The second-order valence-electron chi connectivity index (χ2n) is 8.54. The zero-order valence-electron chi connectivity index (χ0n) is 18.8. The van der Waals surface area contributed by atoms with Crippen LogP contribution in [0, 0.1) is 6.92 Å². The molecule has 1 aromatic heterocycles. The fraction of sp³-hybridized carbons (Fsp3) is 0.269. The molecule has 0 N–H and O–H groups in total. The molecule has 0 unspecified atom stereocenters. The van der Waals surface area contributed by atoms with E-state index in [-0.39, 0.29) is 24.4 Å². The average Bonchev–Trinajstić information content (AvgIpc) is 2.93. The Morgan fingerprint density at radius 2 is 1.94 bits per heavy atom. The summed E-state index contributed by atoms with van der Waals surface area (Å²) in [4.78, 5) is 38.0. The highest BCUT2D eigenvalue weighted by Gasteiger charge is 2.32. The highest BCUT2D eigenvalue weighted by Crippen LogP contribution is 2.39. The zero-order chi connectivity index (χ0) is 22.9. The predicted octanol–water partition coefficient (Wildman–Crippen LogP) is 4.24. The van der Waals surface area contributed by atoms with E-state index in [0.717, 1.165) is 16.5 Å². The number of hydrogen-bond donors (Lipinski definition) is 0. The van der Waals surface area contributed by atoms with Gasteiger partial charge < -0.3 is 9.80 Å². The van der Waals surface area contributed by atoms with E-state index in [9.17, 15) is 9.59 Å². The quantitative estimate of drug-likeness (QED) is 0.588. The van der Waals surface area contributed by atoms with Gasteiger partial charge in [-0.05, 0) is 55.8 Å². The van der Waals surface area contributed by atoms with Crippen molar-refractivity contribution in [3.8, 4) is 0 Å². The number of pyridine rings is 1. The number of carbonyl (C=O) groups excluding carboxylic acids is 2. The van der Waals surface area contributed by atoms with Crippen LogP contribution in [0.3, 0.4) is 0 Å². The van der Waals surface area contributed by atoms with Crippen molar-refractivity contribution >= 4 is 35.0 Å². The molecule has 2 amide bonds. The molecule has 1 saturated heterocycles. The molecule has 33 heavy (non-hydrogen) atoms. The van der Waals surface area contributed by atoms with Crippen molar-refractivity contribution < 1.29 is 9.59 Å². The Hall–Kier alpha value is -3.32. The number of carbonyl (C=O) groups is 2. The van der Waals surface area contributed by atoms with Gasteiger partial charge in [0.2, 0.25) is 5.91 Å². The fourth-order valence-electron chi connectivity index (χ4n) is 4.52. The number of nitrogens with zero attached hydrogens (tertiary/aromatic N) is 4. The largest absolute Gasteiger partial charge is 0.365 e. The van der Waals surface area contributed by atoms with Crippen LogP contribution in [-0.4, -0.2) is 53.9 Å². The number of piperazine rings is 1. The second-order valence-corrected chi connectivity index (χ2v) is 9.57. The van der Waals surface area contributed by atoms with E-state index < -0.39 is 0 Å². The standard InChI is InChI=1S/C26H26N4O2S/c1-18-7-5-8-20(15-18)29-14-13-28(16-19(29)2)24(31)17-30-22-10-6-12-27-25(22)33-23-11-4-3-9-21(23)26(30)32/h3-12,15,19H,13-14,16-17H2,1-2H3/t19-/m0/s1. The number of benzene rings is 2. The van der Waals surface area contributed by atoms with Crippen molar-refractivity contribution in [2.75, 3.05) is 36.0 Å². The van der Waals surface area contributed by atoms with Gasteiger partial charge in [0.1, 0.15) is 11.6 Å². The Morgan fingerprint density at radius 1 is 1.09 bits per heavy atom. The van der Waals surface area contributed by atoms with Crippen molar-refractivity contribution in [3.63, 3.8) is 0 Å². The molecular formula is C26H26N4O2S. The number of aryl methyl sites for hydroxylation is 1. The SMILES string of the molecule is Cc1cccc(N2CCN(C(=O)CN3C(=O)c4ccccc4Sc4ncccc43)C[C@@H]2C)c1. The Labute approximate surface area is 198 Å². The van der Waals surface area contributed by atoms with Crippen molar-refractivity contribution in [1.29, 1.82) is 0 Å². The molecule has 0 radical (unpaired) electrons. The first-order chi connectivity index (χ1) is 16.0. The van der Waals surface area contributed by atoms with E-state index in [1.165, 1.54) is 23.0 Å². The van der Waals surface area contributed by atoms with Gasteiger partial charge in [-0.15, -0.1) is 0 Å². The van der Waals surface area contributed by atoms with Crippen LogP contribution in [0.1, 0.15) is 22.8 Å². The van der Waals surface area contributed by atoms with Crippen LogP contribution >= 0.6 is 11.8 Å². The van der Waals surface area contributed by atoms with Crippen molar-refractivity contribution in [3.05, 3.63) is 78.0 Å². The summed E-state index contributed by atoms with van der Waals surface area (Å²) in [6.45, 7) is 6.26. The smallest absolute Gasteiger partial charge is 0.259 e. The molecule has 5 rings (SSSR count). The molecule has 168 valence electrons. The minimum absolute atomic E-state index is 0.00356. The highest BCUT2D eigenvalue weighted by atomic mass is 32.2. The third kappa shape index (κ3) is 4.20. The molecule has 0 spiro atoms. The van der Waals surface area contributed by atoms with Gasteiger partial charge in [0.25, 0.3) is 5.91 Å². The van der Waals surface area contributed by atoms with Gasteiger partial charge in [0, 0.05) is 42.5 Å². The maximum absolute atomic E-state index is 13.5. The Kier molecular flexibility index (Phi) is 5.81. The fourth-order valence-corrected chi connectivity index (χ4v) is 5.54. The third-order valence-corrected chi connectivity index (χ3v) is 7.30. The number of hydrogen-bond acceptors (Lipinski definition) is 5. The molecule has 0 aliphatic carbocycles. The number of anilines is 2. The first-order valence-corrected chi connectivity index (χ1v) is 12.0. The van der Waals surface area contributed by atoms with E-state index in [0.29, 0.717) is 24.3 Å². The summed E-state index contributed by atoms with van der Waals surface area (Å²) in [5.74, 6) is -0.206. The monoisotopic (exact) mass is 458 g/mol. The van der Waals surface area contributed by atoms with E-state index in [1.807, 2.05) is 41.3 Å². The molecule has 2 aliphatic heterocycles. The third-order valence-electron chi connectivity index (χ3n) is 6.22. The zero-order valence-corrected chi connectivity index (χ0v) is 19.6. The first kappa shape index (κ1) is 21.5. The van der Waals surface area contributed by atoms with Gasteiger partial charge in [-0.1, -0.05) is 36.0 Å². The van der Waals surface area contributed by atoms with Gasteiger partial charge in [0.15, 0.2) is 0 Å². The van der Waals surface area contributed by atoms with E-state index in [2.05, 4.69) is 48.0 Å². The van der Waals surface area contributed by atoms with Crippen molar-refractivity contribution in [2.24, 2.45) is 0 Å². The molecule has 6 nitrogen and oxygen atoms in total. The lowest BCUT2D eigenvalue weighted by Gasteiger charge is -2.42. The second kappa shape index (κ2) is 8.90. The first-order valence-electron chi connectivity index (χ1n) is 11.2. The van der Waals surface area contributed by atoms with Gasteiger partial charge >= 0.3 is 0 Å². The molecular weight excluding hydrogens is 432 g/mol. The van der Waals surface area contributed by atoms with Crippen LogP contribution in [0.25, 0.3) is 0 Å². The van der Waals surface area contributed by atoms with Gasteiger partial charge in [0.05, 0.1) is 11.3 Å². The summed E-state index contributed by atoms with van der Waals surface area (Å²) >= 11 is 1.47. The van der Waals surface area contributed by atoms with Crippen LogP contribution in [0.5, 0.6) is 0 Å². The maximum Gasteiger partial charge on any atom is 0.259 e. The van der Waals surface area contributed by atoms with Gasteiger partial charge in [-0.3, -0.25) is 14.5 Å². The number of rotatable bonds is 3. The molecule has 2 aliphatic rings. The molecule has 3 heterocycles. The number of aromatic nitrogens is 1. The lowest BCUT2D eigenvalue weighted by molar-refractivity contribution is -0.130. The number of fused-ring (bicyclic) bond motifs is 2. The van der Waals surface area contributed by atoms with E-state index in [4.69, 9.17) is 0 Å². The van der Waals surface area contributed by atoms with Crippen LogP contribution in [-0.2, 0) is 4.79 Å². The predicted molar refractivity (Wildman–Crippen MR) is 131 cm³/mol. The lowest BCUT2D eigenvalue weighted by atomic mass is 10.1.